The largest absolute Gasteiger partial charge is 0.444 e. The molecular formula is C18H36N2O2. The molecular weight excluding hydrogens is 276 g/mol. The first kappa shape index (κ1) is 19.3. The number of nitrogens with one attached hydrogen (secondary N) is 2. The van der Waals surface area contributed by atoms with E-state index >= 15 is 0 Å². The van der Waals surface area contributed by atoms with Gasteiger partial charge in [0, 0.05) is 18.6 Å². The van der Waals surface area contributed by atoms with Crippen molar-refractivity contribution in [3.8, 4) is 0 Å². The van der Waals surface area contributed by atoms with Crippen molar-refractivity contribution < 1.29 is 9.53 Å². The maximum absolute atomic E-state index is 11.7. The van der Waals surface area contributed by atoms with Gasteiger partial charge in [-0.25, -0.2) is 4.79 Å². The van der Waals surface area contributed by atoms with Crippen molar-refractivity contribution in [2.45, 2.75) is 91.8 Å². The molecule has 22 heavy (non-hydrogen) atoms. The summed E-state index contributed by atoms with van der Waals surface area (Å²) in [6, 6.07) is 0.664. The summed E-state index contributed by atoms with van der Waals surface area (Å²) >= 11 is 0. The van der Waals surface area contributed by atoms with E-state index in [2.05, 4.69) is 31.4 Å². The molecule has 1 atom stereocenters. The summed E-state index contributed by atoms with van der Waals surface area (Å²) < 4.78 is 5.27. The van der Waals surface area contributed by atoms with Crippen LogP contribution in [-0.2, 0) is 4.74 Å². The Balaban J connectivity index is 2.23. The highest BCUT2D eigenvalue weighted by Crippen LogP contribution is 2.37. The predicted octanol–water partition coefficient (Wildman–Crippen LogP) is 4.09. The van der Waals surface area contributed by atoms with Gasteiger partial charge in [0.05, 0.1) is 0 Å². The van der Waals surface area contributed by atoms with Gasteiger partial charge in [-0.15, -0.1) is 0 Å². The van der Waals surface area contributed by atoms with Crippen LogP contribution in [0.2, 0.25) is 0 Å². The Morgan fingerprint density at radius 2 is 1.64 bits per heavy atom. The van der Waals surface area contributed by atoms with Crippen LogP contribution in [0.3, 0.4) is 0 Å². The number of alkyl carbamates (subject to hydrolysis) is 1. The van der Waals surface area contributed by atoms with Crippen LogP contribution in [0.5, 0.6) is 0 Å². The molecule has 0 aromatic heterocycles. The van der Waals surface area contributed by atoms with Crippen LogP contribution in [0.25, 0.3) is 0 Å². The minimum absolute atomic E-state index is 0.0789. The highest BCUT2D eigenvalue weighted by molar-refractivity contribution is 5.68. The number of hydrogen-bond donors (Lipinski definition) is 2. The standard InChI is InChI=1S/C18H36N2O2/c1-13(20-16(21)22-18(5,6)7)12-19-15-10-8-14(9-11-15)17(2,3)4/h13-15,19H,8-12H2,1-7H3,(H,20,21). The van der Waals surface area contributed by atoms with Crippen molar-refractivity contribution in [1.29, 1.82) is 0 Å². The third-order valence-corrected chi connectivity index (χ3v) is 4.43. The average molecular weight is 312 g/mol. The zero-order valence-corrected chi connectivity index (χ0v) is 15.6. The van der Waals surface area contributed by atoms with E-state index in [-0.39, 0.29) is 12.1 Å². The fraction of sp³-hybridized carbons (Fsp3) is 0.944. The van der Waals surface area contributed by atoms with Gasteiger partial charge < -0.3 is 15.4 Å². The first-order chi connectivity index (χ1) is 9.97. The molecule has 130 valence electrons. The summed E-state index contributed by atoms with van der Waals surface area (Å²) in [6.07, 6.45) is 4.74. The van der Waals surface area contributed by atoms with Crippen LogP contribution < -0.4 is 10.6 Å². The second-order valence-electron chi connectivity index (χ2n) is 8.87. The molecule has 1 fully saturated rings. The smallest absolute Gasteiger partial charge is 0.407 e. The van der Waals surface area contributed by atoms with E-state index in [9.17, 15) is 4.79 Å². The predicted molar refractivity (Wildman–Crippen MR) is 92.0 cm³/mol. The lowest BCUT2D eigenvalue weighted by atomic mass is 9.71. The molecule has 1 aliphatic carbocycles. The Hall–Kier alpha value is -0.770. The van der Waals surface area contributed by atoms with Crippen molar-refractivity contribution in [2.24, 2.45) is 11.3 Å². The molecule has 1 saturated carbocycles. The highest BCUT2D eigenvalue weighted by atomic mass is 16.6. The van der Waals surface area contributed by atoms with Crippen molar-refractivity contribution in [1.82, 2.24) is 10.6 Å². The molecule has 0 spiro atoms. The van der Waals surface area contributed by atoms with Crippen molar-refractivity contribution in [3.05, 3.63) is 0 Å². The molecule has 0 aromatic rings. The number of carbonyl (C=O) groups excluding carboxylic acids is 1. The van der Waals surface area contributed by atoms with Crippen LogP contribution in [0.4, 0.5) is 4.79 Å². The Bertz CT molecular complexity index is 347. The number of ether oxygens (including phenoxy) is 1. The lowest BCUT2D eigenvalue weighted by molar-refractivity contribution is 0.0506. The molecule has 1 rings (SSSR count). The Labute approximate surface area is 136 Å². The molecule has 0 saturated heterocycles. The van der Waals surface area contributed by atoms with E-state index in [0.717, 1.165) is 12.5 Å². The van der Waals surface area contributed by atoms with Crippen LogP contribution in [0.1, 0.15) is 74.1 Å². The lowest BCUT2D eigenvalue weighted by Gasteiger charge is -2.37. The molecule has 0 aliphatic heterocycles. The van der Waals surface area contributed by atoms with Gasteiger partial charge in [-0.2, -0.15) is 0 Å². The second kappa shape index (κ2) is 7.67. The first-order valence-electron chi connectivity index (χ1n) is 8.70. The van der Waals surface area contributed by atoms with Gasteiger partial charge in [-0.3, -0.25) is 0 Å². The first-order valence-corrected chi connectivity index (χ1v) is 8.70. The monoisotopic (exact) mass is 312 g/mol. The maximum atomic E-state index is 11.7. The van der Waals surface area contributed by atoms with E-state index < -0.39 is 5.60 Å². The number of rotatable bonds is 4. The molecule has 0 heterocycles. The van der Waals surface area contributed by atoms with Crippen LogP contribution >= 0.6 is 0 Å². The summed E-state index contributed by atoms with van der Waals surface area (Å²) in [5, 5.41) is 6.48. The normalized spacial score (nSPS) is 24.7. The van der Waals surface area contributed by atoms with Gasteiger partial charge in [0.1, 0.15) is 5.60 Å². The van der Waals surface area contributed by atoms with Gasteiger partial charge in [-0.1, -0.05) is 20.8 Å². The van der Waals surface area contributed by atoms with E-state index in [1.165, 1.54) is 25.7 Å². The quantitative estimate of drug-likeness (QED) is 0.822. The fourth-order valence-corrected chi connectivity index (χ4v) is 3.07. The summed E-state index contributed by atoms with van der Waals surface area (Å²) in [4.78, 5) is 11.7. The summed E-state index contributed by atoms with van der Waals surface area (Å²) in [6.45, 7) is 15.5. The zero-order valence-electron chi connectivity index (χ0n) is 15.6. The molecule has 4 heteroatoms. The average Bonchev–Trinajstić information content (AvgIpc) is 2.33. The van der Waals surface area contributed by atoms with Crippen LogP contribution in [-0.4, -0.2) is 30.3 Å². The molecule has 1 aliphatic rings. The van der Waals surface area contributed by atoms with Gasteiger partial charge in [-0.05, 0) is 64.7 Å². The lowest BCUT2D eigenvalue weighted by Crippen LogP contribution is -2.46. The van der Waals surface area contributed by atoms with Gasteiger partial charge in [0.2, 0.25) is 0 Å². The van der Waals surface area contributed by atoms with Crippen molar-refractivity contribution >= 4 is 6.09 Å². The van der Waals surface area contributed by atoms with E-state index in [4.69, 9.17) is 4.74 Å². The number of amides is 1. The molecule has 1 unspecified atom stereocenters. The maximum Gasteiger partial charge on any atom is 0.407 e. The Kier molecular flexibility index (Phi) is 6.72. The third kappa shape index (κ3) is 7.48. The zero-order chi connectivity index (χ0) is 17.0. The number of carbonyl (C=O) groups is 1. The highest BCUT2D eigenvalue weighted by Gasteiger charge is 2.29. The number of hydrogen-bond acceptors (Lipinski definition) is 3. The molecule has 2 N–H and O–H groups in total. The van der Waals surface area contributed by atoms with E-state index in [1.54, 1.807) is 0 Å². The fourth-order valence-electron chi connectivity index (χ4n) is 3.07. The van der Waals surface area contributed by atoms with Crippen LogP contribution in [0.15, 0.2) is 0 Å². The second-order valence-corrected chi connectivity index (χ2v) is 8.87. The van der Waals surface area contributed by atoms with E-state index in [1.807, 2.05) is 27.7 Å². The Morgan fingerprint density at radius 3 is 2.09 bits per heavy atom. The molecule has 0 bridgehead atoms. The summed E-state index contributed by atoms with van der Waals surface area (Å²) in [5.74, 6) is 0.836. The molecule has 0 radical (unpaired) electrons. The van der Waals surface area contributed by atoms with Crippen LogP contribution in [0, 0.1) is 11.3 Å². The van der Waals surface area contributed by atoms with Gasteiger partial charge >= 0.3 is 6.09 Å². The van der Waals surface area contributed by atoms with Crippen molar-refractivity contribution in [2.75, 3.05) is 6.54 Å². The Morgan fingerprint density at radius 1 is 1.09 bits per heavy atom. The SMILES string of the molecule is CC(CNC1CCC(C(C)(C)C)CC1)NC(=O)OC(C)(C)C. The topological polar surface area (TPSA) is 50.4 Å². The minimum atomic E-state index is -0.442. The van der Waals surface area contributed by atoms with Crippen molar-refractivity contribution in [3.63, 3.8) is 0 Å². The minimum Gasteiger partial charge on any atom is -0.444 e. The van der Waals surface area contributed by atoms with E-state index in [0.29, 0.717) is 11.5 Å². The molecule has 4 nitrogen and oxygen atoms in total. The third-order valence-electron chi connectivity index (χ3n) is 4.43. The van der Waals surface area contributed by atoms with Gasteiger partial charge in [0.15, 0.2) is 0 Å². The summed E-state index contributed by atoms with van der Waals surface area (Å²) in [7, 11) is 0. The van der Waals surface area contributed by atoms with Gasteiger partial charge in [0.25, 0.3) is 0 Å². The molecule has 0 aromatic carbocycles. The molecule has 1 amide bonds. The summed E-state index contributed by atoms with van der Waals surface area (Å²) in [5.41, 5.74) is -0.0148.